The van der Waals surface area contributed by atoms with E-state index in [0.717, 1.165) is 10.5 Å². The maximum atomic E-state index is 12.8. The lowest BCUT2D eigenvalue weighted by molar-refractivity contribution is -0.385. The third-order valence-corrected chi connectivity index (χ3v) is 4.44. The molecule has 0 atom stereocenters. The predicted octanol–water partition coefficient (Wildman–Crippen LogP) is 4.79. The monoisotopic (exact) mass is 341 g/mol. The Bertz CT molecular complexity index is 604. The molecule has 0 spiro atoms. The minimum Gasteiger partial charge on any atom is -0.258 e. The van der Waals surface area contributed by atoms with Crippen molar-refractivity contribution in [3.05, 3.63) is 68.4 Å². The molecule has 0 aliphatic rings. The van der Waals surface area contributed by atoms with Gasteiger partial charge in [0.1, 0.15) is 5.82 Å². The molecule has 0 bridgehead atoms. The Morgan fingerprint density at radius 2 is 1.89 bits per heavy atom. The van der Waals surface area contributed by atoms with Crippen LogP contribution in [0.5, 0.6) is 0 Å². The number of benzene rings is 2. The van der Waals surface area contributed by atoms with Crippen LogP contribution in [0.15, 0.2) is 51.8 Å². The van der Waals surface area contributed by atoms with Gasteiger partial charge in [0.25, 0.3) is 5.69 Å². The second-order valence-electron chi connectivity index (χ2n) is 3.75. The molecule has 0 radical (unpaired) electrons. The van der Waals surface area contributed by atoms with Gasteiger partial charge in [-0.1, -0.05) is 12.1 Å². The minimum absolute atomic E-state index is 0.0530. The van der Waals surface area contributed by atoms with Crippen molar-refractivity contribution in [2.75, 3.05) is 0 Å². The number of thioether (sulfide) groups is 1. The summed E-state index contributed by atoms with van der Waals surface area (Å²) in [6, 6.07) is 11.1. The van der Waals surface area contributed by atoms with E-state index in [2.05, 4.69) is 15.9 Å². The molecular formula is C13H9BrFNO2S. The number of halogens is 2. The summed E-state index contributed by atoms with van der Waals surface area (Å²) in [5.41, 5.74) is 0.890. The van der Waals surface area contributed by atoms with Gasteiger partial charge in [-0.3, -0.25) is 10.1 Å². The third-order valence-electron chi connectivity index (χ3n) is 2.46. The molecule has 2 rings (SSSR count). The van der Waals surface area contributed by atoms with Crippen molar-refractivity contribution < 1.29 is 9.31 Å². The van der Waals surface area contributed by atoms with E-state index < -0.39 is 4.92 Å². The number of hydrogen-bond acceptors (Lipinski definition) is 3. The number of hydrogen-bond donors (Lipinski definition) is 0. The molecule has 0 N–H and O–H groups in total. The highest BCUT2D eigenvalue weighted by Crippen LogP contribution is 2.32. The van der Waals surface area contributed by atoms with Crippen molar-refractivity contribution in [2.24, 2.45) is 0 Å². The Balaban J connectivity index is 2.13. The second kappa shape index (κ2) is 6.16. The second-order valence-corrected chi connectivity index (χ2v) is 5.59. The quantitative estimate of drug-likeness (QED) is 0.456. The van der Waals surface area contributed by atoms with Crippen LogP contribution in [0.2, 0.25) is 0 Å². The largest absolute Gasteiger partial charge is 0.283 e. The topological polar surface area (TPSA) is 43.1 Å². The fourth-order valence-corrected chi connectivity index (χ4v) is 3.14. The van der Waals surface area contributed by atoms with E-state index in [4.69, 9.17) is 0 Å². The summed E-state index contributed by atoms with van der Waals surface area (Å²) in [5.74, 6) is 0.300. The molecule has 19 heavy (non-hydrogen) atoms. The zero-order valence-electron chi connectivity index (χ0n) is 9.68. The van der Waals surface area contributed by atoms with Crippen LogP contribution >= 0.6 is 27.7 Å². The van der Waals surface area contributed by atoms with Gasteiger partial charge in [0, 0.05) is 16.7 Å². The molecule has 0 amide bonds. The molecule has 3 nitrogen and oxygen atoms in total. The highest BCUT2D eigenvalue weighted by atomic mass is 79.9. The Kier molecular flexibility index (Phi) is 4.55. The molecule has 0 saturated carbocycles. The zero-order valence-corrected chi connectivity index (χ0v) is 12.1. The van der Waals surface area contributed by atoms with Crippen LogP contribution in [-0.2, 0) is 5.75 Å². The van der Waals surface area contributed by atoms with E-state index >= 15 is 0 Å². The maximum Gasteiger partial charge on any atom is 0.283 e. The smallest absolute Gasteiger partial charge is 0.258 e. The summed E-state index contributed by atoms with van der Waals surface area (Å²) >= 11 is 4.75. The maximum absolute atomic E-state index is 12.8. The van der Waals surface area contributed by atoms with E-state index in [9.17, 15) is 14.5 Å². The standard InChI is InChI=1S/C13H9BrFNO2S/c14-13-9(2-1-3-12(13)16(17)18)8-19-11-6-4-10(15)5-7-11/h1-7H,8H2. The number of rotatable bonds is 4. The summed E-state index contributed by atoms with van der Waals surface area (Å²) in [7, 11) is 0. The number of nitro groups is 1. The summed E-state index contributed by atoms with van der Waals surface area (Å²) in [4.78, 5) is 11.3. The first-order valence-corrected chi connectivity index (χ1v) is 7.16. The van der Waals surface area contributed by atoms with Gasteiger partial charge in [-0.15, -0.1) is 11.8 Å². The molecule has 2 aromatic carbocycles. The molecule has 98 valence electrons. The molecule has 6 heteroatoms. The highest BCUT2D eigenvalue weighted by molar-refractivity contribution is 9.10. The first-order valence-electron chi connectivity index (χ1n) is 5.38. The van der Waals surface area contributed by atoms with Gasteiger partial charge < -0.3 is 0 Å². The van der Waals surface area contributed by atoms with Crippen molar-refractivity contribution in [1.82, 2.24) is 0 Å². The van der Waals surface area contributed by atoms with Gasteiger partial charge >= 0.3 is 0 Å². The lowest BCUT2D eigenvalue weighted by Gasteiger charge is -2.05. The summed E-state index contributed by atoms with van der Waals surface area (Å²) < 4.78 is 13.3. The van der Waals surface area contributed by atoms with E-state index in [1.54, 1.807) is 18.2 Å². The van der Waals surface area contributed by atoms with E-state index in [1.165, 1.54) is 30.0 Å². The van der Waals surface area contributed by atoms with E-state index in [0.29, 0.717) is 10.2 Å². The molecule has 2 aromatic rings. The first kappa shape index (κ1) is 14.0. The van der Waals surface area contributed by atoms with Crippen LogP contribution in [0.1, 0.15) is 5.56 Å². The van der Waals surface area contributed by atoms with Crippen LogP contribution in [0.3, 0.4) is 0 Å². The van der Waals surface area contributed by atoms with Crippen LogP contribution < -0.4 is 0 Å². The SMILES string of the molecule is O=[N+]([O-])c1cccc(CSc2ccc(F)cc2)c1Br. The third kappa shape index (κ3) is 3.54. The van der Waals surface area contributed by atoms with Crippen LogP contribution in [-0.4, -0.2) is 4.92 Å². The van der Waals surface area contributed by atoms with Crippen molar-refractivity contribution in [1.29, 1.82) is 0 Å². The number of nitro benzene ring substituents is 1. The van der Waals surface area contributed by atoms with Crippen molar-refractivity contribution in [2.45, 2.75) is 10.6 Å². The highest BCUT2D eigenvalue weighted by Gasteiger charge is 2.14. The average Bonchev–Trinajstić information content (AvgIpc) is 2.39. The van der Waals surface area contributed by atoms with E-state index in [1.807, 2.05) is 6.07 Å². The van der Waals surface area contributed by atoms with Gasteiger partial charge in [0.2, 0.25) is 0 Å². The lowest BCUT2D eigenvalue weighted by atomic mass is 10.2. The van der Waals surface area contributed by atoms with Gasteiger partial charge in [-0.25, -0.2) is 4.39 Å². The van der Waals surface area contributed by atoms with Crippen molar-refractivity contribution in [3.63, 3.8) is 0 Å². The van der Waals surface area contributed by atoms with Crippen molar-refractivity contribution in [3.8, 4) is 0 Å². The minimum atomic E-state index is -0.420. The molecule has 0 aliphatic heterocycles. The van der Waals surface area contributed by atoms with Crippen molar-refractivity contribution >= 4 is 33.4 Å². The summed E-state index contributed by atoms with van der Waals surface area (Å²) in [6.07, 6.45) is 0. The van der Waals surface area contributed by atoms with Gasteiger partial charge in [0.05, 0.1) is 9.40 Å². The Morgan fingerprint density at radius 3 is 2.53 bits per heavy atom. The molecule has 0 fully saturated rings. The Morgan fingerprint density at radius 1 is 1.21 bits per heavy atom. The molecule has 0 unspecified atom stereocenters. The van der Waals surface area contributed by atoms with Crippen LogP contribution in [0, 0.1) is 15.9 Å². The summed E-state index contributed by atoms with van der Waals surface area (Å²) in [6.45, 7) is 0. The first-order chi connectivity index (χ1) is 9.08. The van der Waals surface area contributed by atoms with Crippen LogP contribution in [0.25, 0.3) is 0 Å². The zero-order chi connectivity index (χ0) is 13.8. The van der Waals surface area contributed by atoms with Gasteiger partial charge in [-0.2, -0.15) is 0 Å². The molecule has 0 aromatic heterocycles. The Labute approximate surface area is 122 Å². The predicted molar refractivity (Wildman–Crippen MR) is 76.8 cm³/mol. The molecular weight excluding hydrogens is 333 g/mol. The van der Waals surface area contributed by atoms with Gasteiger partial charge in [0.15, 0.2) is 0 Å². The lowest BCUT2D eigenvalue weighted by Crippen LogP contribution is -1.92. The average molecular weight is 342 g/mol. The summed E-state index contributed by atoms with van der Waals surface area (Å²) in [5, 5.41) is 10.8. The molecule has 0 heterocycles. The fourth-order valence-electron chi connectivity index (χ4n) is 1.51. The van der Waals surface area contributed by atoms with Gasteiger partial charge in [-0.05, 0) is 45.8 Å². The number of nitrogens with zero attached hydrogens (tertiary/aromatic N) is 1. The van der Waals surface area contributed by atoms with E-state index in [-0.39, 0.29) is 11.5 Å². The normalized spacial score (nSPS) is 10.4. The molecule has 0 aliphatic carbocycles. The Hall–Kier alpha value is -1.40. The molecule has 0 saturated heterocycles. The van der Waals surface area contributed by atoms with Crippen LogP contribution in [0.4, 0.5) is 10.1 Å². The fraction of sp³-hybridized carbons (Fsp3) is 0.0769.